The fraction of sp³-hybridized carbons (Fsp3) is 0.500. The first kappa shape index (κ1) is 25.0. The highest BCUT2D eigenvalue weighted by atomic mass is 16.5. The maximum Gasteiger partial charge on any atom is 0.324 e. The summed E-state index contributed by atoms with van der Waals surface area (Å²) in [5.41, 5.74) is 1.57. The lowest BCUT2D eigenvalue weighted by molar-refractivity contribution is 0.0594. The van der Waals surface area contributed by atoms with Crippen molar-refractivity contribution in [2.24, 2.45) is 5.92 Å². The Kier molecular flexibility index (Phi) is 7.65. The van der Waals surface area contributed by atoms with Crippen LogP contribution >= 0.6 is 0 Å². The average molecular weight is 479 g/mol. The van der Waals surface area contributed by atoms with E-state index in [-0.39, 0.29) is 17.5 Å². The Morgan fingerprint density at radius 2 is 1.83 bits per heavy atom. The number of fused-ring (bicyclic) bond motifs is 1. The van der Waals surface area contributed by atoms with Gasteiger partial charge in [-0.15, -0.1) is 0 Å². The quantitative estimate of drug-likeness (QED) is 0.393. The van der Waals surface area contributed by atoms with Crippen LogP contribution in [0.15, 0.2) is 42.5 Å². The molecule has 0 saturated carbocycles. The summed E-state index contributed by atoms with van der Waals surface area (Å²) in [6, 6.07) is 13.6. The number of nitrogens with zero attached hydrogens (tertiary/aromatic N) is 2. The molecule has 0 bridgehead atoms. The molecule has 188 valence electrons. The number of amides is 2. The lowest BCUT2D eigenvalue weighted by atomic mass is 9.92. The van der Waals surface area contributed by atoms with E-state index in [4.69, 9.17) is 14.6 Å². The topological polar surface area (TPSA) is 77.4 Å². The molecular formula is C28H38N4O3. The van der Waals surface area contributed by atoms with Crippen molar-refractivity contribution in [2.45, 2.75) is 65.3 Å². The molecule has 2 N–H and O–H groups in total. The maximum absolute atomic E-state index is 13.0. The van der Waals surface area contributed by atoms with Gasteiger partial charge in [0, 0.05) is 41.5 Å². The predicted molar refractivity (Wildman–Crippen MR) is 142 cm³/mol. The van der Waals surface area contributed by atoms with Gasteiger partial charge in [-0.25, -0.2) is 9.48 Å². The second-order valence-electron chi connectivity index (χ2n) is 10.6. The molecule has 0 unspecified atom stereocenters. The van der Waals surface area contributed by atoms with Crippen LogP contribution in [0.2, 0.25) is 0 Å². The monoisotopic (exact) mass is 478 g/mol. The van der Waals surface area contributed by atoms with Crippen LogP contribution in [0.25, 0.3) is 10.8 Å². The van der Waals surface area contributed by atoms with E-state index in [0.717, 1.165) is 60.4 Å². The standard InChI is InChI=1S/C28H38N4O3/c1-19(2)32-26(18-25(31-32)28(3,4)5)30-27(33)29-23-10-11-24(22-9-7-6-8-21(22)23)35-17-14-20-12-15-34-16-13-20/h6-11,18-20H,12-17H2,1-5H3,(H2,29,30,33). The fourth-order valence-electron chi connectivity index (χ4n) is 4.39. The van der Waals surface area contributed by atoms with Crippen LogP contribution < -0.4 is 15.4 Å². The number of hydrogen-bond donors (Lipinski definition) is 2. The number of carbonyl (C=O) groups is 1. The second-order valence-corrected chi connectivity index (χ2v) is 10.6. The minimum atomic E-state index is -0.300. The van der Waals surface area contributed by atoms with Gasteiger partial charge < -0.3 is 14.8 Å². The predicted octanol–water partition coefficient (Wildman–Crippen LogP) is 6.75. The molecule has 0 spiro atoms. The van der Waals surface area contributed by atoms with E-state index in [1.165, 1.54) is 0 Å². The number of urea groups is 1. The third kappa shape index (κ3) is 6.14. The first-order valence-corrected chi connectivity index (χ1v) is 12.6. The van der Waals surface area contributed by atoms with Crippen LogP contribution in [0.4, 0.5) is 16.3 Å². The molecule has 0 atom stereocenters. The van der Waals surface area contributed by atoms with E-state index in [2.05, 4.69) is 45.3 Å². The van der Waals surface area contributed by atoms with Gasteiger partial charge in [0.25, 0.3) is 0 Å². The lowest BCUT2D eigenvalue weighted by Gasteiger charge is -2.22. The first-order valence-electron chi connectivity index (χ1n) is 12.6. The van der Waals surface area contributed by atoms with Crippen LogP contribution in [0.1, 0.15) is 65.6 Å². The molecule has 2 heterocycles. The first-order chi connectivity index (χ1) is 16.7. The molecule has 0 aliphatic carbocycles. The number of anilines is 2. The number of hydrogen-bond acceptors (Lipinski definition) is 4. The van der Waals surface area contributed by atoms with Gasteiger partial charge in [-0.05, 0) is 51.2 Å². The molecule has 35 heavy (non-hydrogen) atoms. The second kappa shape index (κ2) is 10.7. The Morgan fingerprint density at radius 3 is 2.51 bits per heavy atom. The van der Waals surface area contributed by atoms with Gasteiger partial charge in [-0.1, -0.05) is 45.0 Å². The van der Waals surface area contributed by atoms with Crippen molar-refractivity contribution in [2.75, 3.05) is 30.5 Å². The maximum atomic E-state index is 13.0. The van der Waals surface area contributed by atoms with Gasteiger partial charge in [-0.3, -0.25) is 5.32 Å². The van der Waals surface area contributed by atoms with Crippen molar-refractivity contribution in [3.8, 4) is 5.75 Å². The van der Waals surface area contributed by atoms with Crippen molar-refractivity contribution in [3.05, 3.63) is 48.2 Å². The number of benzene rings is 2. The van der Waals surface area contributed by atoms with E-state index in [9.17, 15) is 4.79 Å². The zero-order valence-electron chi connectivity index (χ0n) is 21.6. The molecule has 2 amide bonds. The van der Waals surface area contributed by atoms with Crippen molar-refractivity contribution >= 4 is 28.3 Å². The molecule has 7 nitrogen and oxygen atoms in total. The third-order valence-electron chi connectivity index (χ3n) is 6.49. The summed E-state index contributed by atoms with van der Waals surface area (Å²) in [7, 11) is 0. The summed E-state index contributed by atoms with van der Waals surface area (Å²) in [5, 5.41) is 12.7. The SMILES string of the molecule is CC(C)n1nc(C(C)(C)C)cc1NC(=O)Nc1ccc(OCCC2CCOCC2)c2ccccc12. The minimum absolute atomic E-state index is 0.107. The summed E-state index contributed by atoms with van der Waals surface area (Å²) in [6.07, 6.45) is 3.24. The number of rotatable bonds is 7. The van der Waals surface area contributed by atoms with Crippen molar-refractivity contribution in [1.29, 1.82) is 0 Å². The highest BCUT2D eigenvalue weighted by molar-refractivity contribution is 6.07. The third-order valence-corrected chi connectivity index (χ3v) is 6.49. The van der Waals surface area contributed by atoms with Crippen molar-refractivity contribution in [1.82, 2.24) is 9.78 Å². The molecule has 0 radical (unpaired) electrons. The van der Waals surface area contributed by atoms with Crippen molar-refractivity contribution in [3.63, 3.8) is 0 Å². The number of nitrogens with one attached hydrogen (secondary N) is 2. The van der Waals surface area contributed by atoms with E-state index in [1.807, 2.05) is 47.1 Å². The van der Waals surface area contributed by atoms with Crippen LogP contribution in [-0.2, 0) is 10.2 Å². The normalized spacial score (nSPS) is 14.9. The highest BCUT2D eigenvalue weighted by Gasteiger charge is 2.22. The summed E-state index contributed by atoms with van der Waals surface area (Å²) in [4.78, 5) is 13.0. The molecule has 1 aromatic heterocycles. The summed E-state index contributed by atoms with van der Waals surface area (Å²) in [5.74, 6) is 2.18. The van der Waals surface area contributed by atoms with Gasteiger partial charge in [-0.2, -0.15) is 5.10 Å². The number of carbonyl (C=O) groups excluding carboxylic acids is 1. The van der Waals surface area contributed by atoms with Crippen molar-refractivity contribution < 1.29 is 14.3 Å². The van der Waals surface area contributed by atoms with Gasteiger partial charge in [0.05, 0.1) is 18.0 Å². The molecule has 1 aliphatic heterocycles. The Bertz CT molecular complexity index is 1160. The lowest BCUT2D eigenvalue weighted by Crippen LogP contribution is -2.22. The minimum Gasteiger partial charge on any atom is -0.493 e. The fourth-order valence-corrected chi connectivity index (χ4v) is 4.39. The summed E-state index contributed by atoms with van der Waals surface area (Å²) < 4.78 is 13.5. The summed E-state index contributed by atoms with van der Waals surface area (Å²) >= 11 is 0. The van der Waals surface area contributed by atoms with E-state index in [1.54, 1.807) is 0 Å². The molecule has 1 fully saturated rings. The molecule has 1 aliphatic rings. The Hall–Kier alpha value is -3.06. The zero-order valence-corrected chi connectivity index (χ0v) is 21.6. The van der Waals surface area contributed by atoms with Gasteiger partial charge in [0.1, 0.15) is 11.6 Å². The Balaban J connectivity index is 1.47. The molecule has 7 heteroatoms. The zero-order chi connectivity index (χ0) is 25.0. The Morgan fingerprint density at radius 1 is 1.11 bits per heavy atom. The van der Waals surface area contributed by atoms with Gasteiger partial charge >= 0.3 is 6.03 Å². The van der Waals surface area contributed by atoms with Crippen LogP contribution in [0.5, 0.6) is 5.75 Å². The van der Waals surface area contributed by atoms with E-state index < -0.39 is 0 Å². The van der Waals surface area contributed by atoms with E-state index >= 15 is 0 Å². The van der Waals surface area contributed by atoms with Gasteiger partial charge in [0.15, 0.2) is 0 Å². The molecule has 2 aromatic carbocycles. The van der Waals surface area contributed by atoms with E-state index in [0.29, 0.717) is 18.3 Å². The largest absolute Gasteiger partial charge is 0.493 e. The average Bonchev–Trinajstić information content (AvgIpc) is 3.26. The van der Waals surface area contributed by atoms with Gasteiger partial charge in [0.2, 0.25) is 0 Å². The molecule has 1 saturated heterocycles. The van der Waals surface area contributed by atoms with Crippen LogP contribution in [0.3, 0.4) is 0 Å². The number of ether oxygens (including phenoxy) is 2. The summed E-state index contributed by atoms with van der Waals surface area (Å²) in [6.45, 7) is 12.8. The smallest absolute Gasteiger partial charge is 0.324 e. The highest BCUT2D eigenvalue weighted by Crippen LogP contribution is 2.33. The molecule has 3 aromatic rings. The molecular weight excluding hydrogens is 440 g/mol. The van der Waals surface area contributed by atoms with Crippen LogP contribution in [0, 0.1) is 5.92 Å². The van der Waals surface area contributed by atoms with Crippen LogP contribution in [-0.4, -0.2) is 35.6 Å². The molecule has 4 rings (SSSR count). The number of aromatic nitrogens is 2. The Labute approximate surface area is 208 Å².